The van der Waals surface area contributed by atoms with Gasteiger partial charge in [0.25, 0.3) is 0 Å². The summed E-state index contributed by atoms with van der Waals surface area (Å²) in [5, 5.41) is 6.50. The van der Waals surface area contributed by atoms with Gasteiger partial charge in [0.1, 0.15) is 5.60 Å². The van der Waals surface area contributed by atoms with Crippen LogP contribution in [0, 0.1) is 11.8 Å². The lowest BCUT2D eigenvalue weighted by molar-refractivity contribution is 0.0479. The van der Waals surface area contributed by atoms with Gasteiger partial charge in [-0.3, -0.25) is 0 Å². The van der Waals surface area contributed by atoms with Crippen LogP contribution in [0.5, 0.6) is 0 Å². The number of alkyl carbamates (subject to hydrolysis) is 1. The molecule has 1 saturated carbocycles. The van der Waals surface area contributed by atoms with Gasteiger partial charge in [-0.2, -0.15) is 0 Å². The Kier molecular flexibility index (Phi) is 4.15. The van der Waals surface area contributed by atoms with Crippen molar-refractivity contribution >= 4 is 6.09 Å². The lowest BCUT2D eigenvalue weighted by atomic mass is 9.90. The molecule has 0 aromatic carbocycles. The number of rotatable bonds is 2. The van der Waals surface area contributed by atoms with Crippen LogP contribution in [0.3, 0.4) is 0 Å². The predicted molar refractivity (Wildman–Crippen MR) is 71.5 cm³/mol. The second-order valence-electron chi connectivity index (χ2n) is 6.58. The van der Waals surface area contributed by atoms with Crippen LogP contribution in [-0.2, 0) is 4.74 Å². The van der Waals surface area contributed by atoms with Crippen molar-refractivity contribution in [1.29, 1.82) is 0 Å². The highest BCUT2D eigenvalue weighted by Gasteiger charge is 2.38. The molecule has 0 radical (unpaired) electrons. The molecule has 0 bridgehead atoms. The molecule has 0 aromatic heterocycles. The van der Waals surface area contributed by atoms with Crippen LogP contribution in [0.15, 0.2) is 0 Å². The molecule has 2 fully saturated rings. The van der Waals surface area contributed by atoms with Crippen LogP contribution in [0.4, 0.5) is 4.79 Å². The molecule has 104 valence electrons. The lowest BCUT2D eigenvalue weighted by Gasteiger charge is -2.27. The van der Waals surface area contributed by atoms with E-state index in [-0.39, 0.29) is 12.1 Å². The van der Waals surface area contributed by atoms with Gasteiger partial charge >= 0.3 is 6.09 Å². The summed E-state index contributed by atoms with van der Waals surface area (Å²) in [4.78, 5) is 11.9. The fraction of sp³-hybridized carbons (Fsp3) is 0.929. The van der Waals surface area contributed by atoms with Gasteiger partial charge in [0.05, 0.1) is 0 Å². The van der Waals surface area contributed by atoms with Crippen LogP contribution in [0.2, 0.25) is 0 Å². The molecule has 0 aromatic rings. The third-order valence-electron chi connectivity index (χ3n) is 3.73. The van der Waals surface area contributed by atoms with E-state index in [1.165, 1.54) is 19.3 Å². The van der Waals surface area contributed by atoms with Gasteiger partial charge in [-0.05, 0) is 71.4 Å². The molecular formula is C14H26N2O2. The van der Waals surface area contributed by atoms with Crippen molar-refractivity contribution in [3.05, 3.63) is 0 Å². The smallest absolute Gasteiger partial charge is 0.407 e. The number of ether oxygens (including phenoxy) is 1. The van der Waals surface area contributed by atoms with Crippen molar-refractivity contribution in [1.82, 2.24) is 10.6 Å². The zero-order valence-electron chi connectivity index (χ0n) is 11.8. The van der Waals surface area contributed by atoms with E-state index in [2.05, 4.69) is 10.6 Å². The molecule has 0 spiro atoms. The van der Waals surface area contributed by atoms with Crippen LogP contribution < -0.4 is 10.6 Å². The average Bonchev–Trinajstić information content (AvgIpc) is 2.99. The van der Waals surface area contributed by atoms with E-state index in [4.69, 9.17) is 4.74 Å². The molecule has 1 saturated heterocycles. The Bertz CT molecular complexity index is 295. The van der Waals surface area contributed by atoms with E-state index >= 15 is 0 Å². The number of hydrogen-bond donors (Lipinski definition) is 2. The topological polar surface area (TPSA) is 50.4 Å². The summed E-state index contributed by atoms with van der Waals surface area (Å²) in [5.74, 6) is 1.46. The number of hydrogen-bond acceptors (Lipinski definition) is 3. The van der Waals surface area contributed by atoms with Crippen molar-refractivity contribution in [3.8, 4) is 0 Å². The molecule has 1 amide bonds. The first-order valence-corrected chi connectivity index (χ1v) is 7.16. The third-order valence-corrected chi connectivity index (χ3v) is 3.73. The number of amides is 1. The zero-order chi connectivity index (χ0) is 13.2. The Hall–Kier alpha value is -0.770. The van der Waals surface area contributed by atoms with Crippen molar-refractivity contribution in [2.24, 2.45) is 11.8 Å². The first kappa shape index (κ1) is 13.7. The van der Waals surface area contributed by atoms with Crippen LogP contribution in [0.1, 0.15) is 46.5 Å². The number of carbonyl (C=O) groups is 1. The predicted octanol–water partition coefficient (Wildman–Crippen LogP) is 2.29. The van der Waals surface area contributed by atoms with E-state index in [1.54, 1.807) is 0 Å². The fourth-order valence-electron chi connectivity index (χ4n) is 2.79. The summed E-state index contributed by atoms with van der Waals surface area (Å²) in [6.07, 6.45) is 4.58. The van der Waals surface area contributed by atoms with Crippen molar-refractivity contribution in [2.75, 3.05) is 13.1 Å². The summed E-state index contributed by atoms with van der Waals surface area (Å²) in [5.41, 5.74) is -0.415. The Morgan fingerprint density at radius 3 is 2.44 bits per heavy atom. The Balaban J connectivity index is 1.89. The number of nitrogens with one attached hydrogen (secondary N) is 2. The highest BCUT2D eigenvalue weighted by molar-refractivity contribution is 5.68. The van der Waals surface area contributed by atoms with Crippen molar-refractivity contribution < 1.29 is 9.53 Å². The molecule has 1 aliphatic carbocycles. The fourth-order valence-corrected chi connectivity index (χ4v) is 2.79. The van der Waals surface area contributed by atoms with Crippen molar-refractivity contribution in [2.45, 2.75) is 58.1 Å². The van der Waals surface area contributed by atoms with Gasteiger partial charge in [0.2, 0.25) is 0 Å². The van der Waals surface area contributed by atoms with E-state index in [9.17, 15) is 4.79 Å². The zero-order valence-corrected chi connectivity index (χ0v) is 11.8. The molecule has 2 unspecified atom stereocenters. The minimum absolute atomic E-state index is 0.264. The van der Waals surface area contributed by atoms with Gasteiger partial charge in [-0.1, -0.05) is 0 Å². The Morgan fingerprint density at radius 2 is 1.83 bits per heavy atom. The summed E-state index contributed by atoms with van der Waals surface area (Å²) in [6, 6.07) is 0.280. The van der Waals surface area contributed by atoms with Crippen LogP contribution in [0.25, 0.3) is 0 Å². The van der Waals surface area contributed by atoms with Crippen molar-refractivity contribution in [3.63, 3.8) is 0 Å². The molecule has 2 N–H and O–H groups in total. The molecule has 2 atom stereocenters. The minimum Gasteiger partial charge on any atom is -0.444 e. The molecule has 1 heterocycles. The lowest BCUT2D eigenvalue weighted by Crippen LogP contribution is -2.43. The maximum absolute atomic E-state index is 11.9. The summed E-state index contributed by atoms with van der Waals surface area (Å²) >= 11 is 0. The molecule has 18 heavy (non-hydrogen) atoms. The first-order valence-electron chi connectivity index (χ1n) is 7.16. The standard InChI is InChI=1S/C14H26N2O2/c1-14(2,3)18-13(17)16-12-7-9-15-8-6-11(12)10-4-5-10/h10-12,15H,4-9H2,1-3H3,(H,16,17). The quantitative estimate of drug-likeness (QED) is 0.795. The molecule has 2 aliphatic rings. The van der Waals surface area contributed by atoms with E-state index in [1.807, 2.05) is 20.8 Å². The number of carbonyl (C=O) groups excluding carboxylic acids is 1. The summed E-state index contributed by atoms with van der Waals surface area (Å²) in [7, 11) is 0. The normalized spacial score (nSPS) is 29.5. The van der Waals surface area contributed by atoms with E-state index in [0.29, 0.717) is 5.92 Å². The summed E-state index contributed by atoms with van der Waals surface area (Å²) < 4.78 is 5.36. The highest BCUT2D eigenvalue weighted by Crippen LogP contribution is 2.41. The van der Waals surface area contributed by atoms with E-state index < -0.39 is 5.60 Å². The van der Waals surface area contributed by atoms with Gasteiger partial charge in [-0.25, -0.2) is 4.79 Å². The van der Waals surface area contributed by atoms with Crippen LogP contribution in [-0.4, -0.2) is 30.8 Å². The summed E-state index contributed by atoms with van der Waals surface area (Å²) in [6.45, 7) is 7.77. The SMILES string of the molecule is CC(C)(C)OC(=O)NC1CCNCCC1C1CC1. The molecule has 1 aliphatic heterocycles. The Morgan fingerprint density at radius 1 is 1.17 bits per heavy atom. The van der Waals surface area contributed by atoms with Gasteiger partial charge in [0.15, 0.2) is 0 Å². The third kappa shape index (κ3) is 4.16. The van der Waals surface area contributed by atoms with Crippen LogP contribution >= 0.6 is 0 Å². The molecular weight excluding hydrogens is 228 g/mol. The Labute approximate surface area is 110 Å². The largest absolute Gasteiger partial charge is 0.444 e. The second-order valence-corrected chi connectivity index (χ2v) is 6.58. The maximum atomic E-state index is 11.9. The minimum atomic E-state index is -0.415. The van der Waals surface area contributed by atoms with Gasteiger partial charge in [-0.15, -0.1) is 0 Å². The molecule has 2 rings (SSSR count). The van der Waals surface area contributed by atoms with E-state index in [0.717, 1.165) is 25.4 Å². The monoisotopic (exact) mass is 254 g/mol. The van der Waals surface area contributed by atoms with Gasteiger partial charge < -0.3 is 15.4 Å². The molecule has 4 nitrogen and oxygen atoms in total. The highest BCUT2D eigenvalue weighted by atomic mass is 16.6. The maximum Gasteiger partial charge on any atom is 0.407 e. The average molecular weight is 254 g/mol. The second kappa shape index (κ2) is 5.47. The molecule has 4 heteroatoms. The van der Waals surface area contributed by atoms with Gasteiger partial charge in [0, 0.05) is 6.04 Å². The first-order chi connectivity index (χ1) is 8.46.